The van der Waals surface area contributed by atoms with Crippen molar-refractivity contribution in [1.82, 2.24) is 4.68 Å². The number of hydrogen-bond donors (Lipinski definition) is 3. The van der Waals surface area contributed by atoms with E-state index in [1.807, 2.05) is 5.38 Å². The van der Waals surface area contributed by atoms with Gasteiger partial charge in [0.1, 0.15) is 5.82 Å². The lowest BCUT2D eigenvalue weighted by atomic mass is 9.96. The number of aromatic nitrogens is 1. The number of nitrogens with zero attached hydrogens (tertiary/aromatic N) is 3. The van der Waals surface area contributed by atoms with E-state index in [1.165, 1.54) is 48.2 Å². The van der Waals surface area contributed by atoms with Crippen molar-refractivity contribution in [2.45, 2.75) is 38.1 Å². The van der Waals surface area contributed by atoms with Gasteiger partial charge in [-0.05, 0) is 49.2 Å². The minimum Gasteiger partial charge on any atom is -0.504 e. The summed E-state index contributed by atoms with van der Waals surface area (Å²) >= 11 is 1.45. The first kappa shape index (κ1) is 20.2. The number of thiazole rings is 1. The monoisotopic (exact) mass is 427 g/mol. The smallest absolute Gasteiger partial charge is 0.206 e. The van der Waals surface area contributed by atoms with E-state index in [9.17, 15) is 19.7 Å². The second kappa shape index (κ2) is 8.71. The largest absolute Gasteiger partial charge is 0.504 e. The molecular weight excluding hydrogens is 405 g/mol. The van der Waals surface area contributed by atoms with Crippen LogP contribution in [0.1, 0.15) is 37.7 Å². The maximum atomic E-state index is 13.4. The highest BCUT2D eigenvalue weighted by atomic mass is 32.1. The van der Waals surface area contributed by atoms with Gasteiger partial charge in [0.25, 0.3) is 0 Å². The lowest BCUT2D eigenvalue weighted by molar-refractivity contribution is 0.367. The van der Waals surface area contributed by atoms with Crippen LogP contribution in [0.25, 0.3) is 11.3 Å². The zero-order valence-corrected chi connectivity index (χ0v) is 17.0. The Hall–Kier alpha value is -3.13. The van der Waals surface area contributed by atoms with Crippen molar-refractivity contribution >= 4 is 17.6 Å². The molecule has 3 aromatic rings. The Labute approximate surface area is 176 Å². The molecule has 0 saturated heterocycles. The third-order valence-corrected chi connectivity index (χ3v) is 6.00. The highest BCUT2D eigenvalue weighted by Crippen LogP contribution is 2.36. The molecule has 0 atom stereocenters. The molecule has 1 aromatic heterocycles. The molecule has 0 unspecified atom stereocenters. The molecule has 1 aliphatic carbocycles. The number of hydrogen-bond acceptors (Lipinski definition) is 6. The number of benzene rings is 2. The van der Waals surface area contributed by atoms with Crippen molar-refractivity contribution in [2.75, 3.05) is 0 Å². The van der Waals surface area contributed by atoms with Crippen LogP contribution in [0.15, 0.2) is 51.9 Å². The summed E-state index contributed by atoms with van der Waals surface area (Å²) in [4.78, 5) is 5.60. The summed E-state index contributed by atoms with van der Waals surface area (Å²) < 4.78 is 15.0. The molecule has 0 spiro atoms. The van der Waals surface area contributed by atoms with E-state index >= 15 is 0 Å². The van der Waals surface area contributed by atoms with Crippen molar-refractivity contribution in [2.24, 2.45) is 10.1 Å². The first-order chi connectivity index (χ1) is 14.5. The summed E-state index contributed by atoms with van der Waals surface area (Å²) in [5.41, 5.74) is 1.78. The topological polar surface area (TPSA) is 90.3 Å². The van der Waals surface area contributed by atoms with Gasteiger partial charge in [-0.2, -0.15) is 5.10 Å². The van der Waals surface area contributed by atoms with E-state index < -0.39 is 17.2 Å². The molecule has 0 amide bonds. The van der Waals surface area contributed by atoms with Crippen molar-refractivity contribution in [3.8, 4) is 28.5 Å². The lowest BCUT2D eigenvalue weighted by Crippen LogP contribution is -2.19. The first-order valence-electron chi connectivity index (χ1n) is 9.81. The highest BCUT2D eigenvalue weighted by Gasteiger charge is 2.15. The van der Waals surface area contributed by atoms with Gasteiger partial charge in [-0.3, -0.25) is 4.99 Å². The van der Waals surface area contributed by atoms with Crippen LogP contribution in [-0.2, 0) is 0 Å². The molecule has 156 valence electrons. The summed E-state index contributed by atoms with van der Waals surface area (Å²) in [7, 11) is 0. The summed E-state index contributed by atoms with van der Waals surface area (Å²) in [6.45, 7) is 0. The molecule has 4 rings (SSSR count). The van der Waals surface area contributed by atoms with Gasteiger partial charge in [0.2, 0.25) is 10.6 Å². The third-order valence-electron chi connectivity index (χ3n) is 5.17. The minimum absolute atomic E-state index is 0.242. The van der Waals surface area contributed by atoms with Gasteiger partial charge < -0.3 is 15.3 Å². The summed E-state index contributed by atoms with van der Waals surface area (Å²) in [6, 6.07) is 9.12. The molecule has 1 heterocycles. The minimum atomic E-state index is -0.597. The fraction of sp³-hybridized carbons (Fsp3) is 0.273. The van der Waals surface area contributed by atoms with E-state index in [-0.39, 0.29) is 17.4 Å². The average Bonchev–Trinajstić information content (AvgIpc) is 3.15. The average molecular weight is 428 g/mol. The molecule has 0 aliphatic heterocycles. The number of halogens is 1. The van der Waals surface area contributed by atoms with Gasteiger partial charge in [0.05, 0.1) is 18.0 Å². The SMILES string of the molecule is Oc1ccc(C=Nn2c(-c3ccc(F)cc3)csc2=NC2CCCCC2)c(O)c1O. The van der Waals surface area contributed by atoms with E-state index in [0.29, 0.717) is 4.80 Å². The Morgan fingerprint density at radius 3 is 2.43 bits per heavy atom. The Morgan fingerprint density at radius 1 is 0.967 bits per heavy atom. The molecule has 6 nitrogen and oxygen atoms in total. The van der Waals surface area contributed by atoms with Crippen molar-refractivity contribution in [3.05, 3.63) is 58.0 Å². The van der Waals surface area contributed by atoms with Crippen LogP contribution < -0.4 is 4.80 Å². The third kappa shape index (κ3) is 4.23. The Morgan fingerprint density at radius 2 is 1.70 bits per heavy atom. The van der Waals surface area contributed by atoms with E-state index in [4.69, 9.17) is 4.99 Å². The van der Waals surface area contributed by atoms with Crippen LogP contribution in [0.3, 0.4) is 0 Å². The number of aromatic hydroxyl groups is 3. The predicted octanol–water partition coefficient (Wildman–Crippen LogP) is 4.59. The van der Waals surface area contributed by atoms with Gasteiger partial charge in [0, 0.05) is 16.5 Å². The van der Waals surface area contributed by atoms with E-state index in [0.717, 1.165) is 36.9 Å². The maximum Gasteiger partial charge on any atom is 0.206 e. The fourth-order valence-corrected chi connectivity index (χ4v) is 4.40. The fourth-order valence-electron chi connectivity index (χ4n) is 3.49. The Balaban J connectivity index is 1.79. The molecule has 30 heavy (non-hydrogen) atoms. The summed E-state index contributed by atoms with van der Waals surface area (Å²) in [5.74, 6) is -1.78. The molecule has 0 bridgehead atoms. The van der Waals surface area contributed by atoms with E-state index in [2.05, 4.69) is 5.10 Å². The maximum absolute atomic E-state index is 13.4. The van der Waals surface area contributed by atoms with Crippen LogP contribution in [0.5, 0.6) is 17.2 Å². The van der Waals surface area contributed by atoms with Crippen molar-refractivity contribution < 1.29 is 19.7 Å². The van der Waals surface area contributed by atoms with Gasteiger partial charge in [-0.1, -0.05) is 19.3 Å². The lowest BCUT2D eigenvalue weighted by Gasteiger charge is -2.16. The predicted molar refractivity (Wildman–Crippen MR) is 115 cm³/mol. The van der Waals surface area contributed by atoms with Crippen LogP contribution in [0.4, 0.5) is 4.39 Å². The quantitative estimate of drug-likeness (QED) is 0.420. The molecule has 2 aromatic carbocycles. The second-order valence-electron chi connectivity index (χ2n) is 7.26. The molecule has 1 aliphatic rings. The van der Waals surface area contributed by atoms with Gasteiger partial charge >= 0.3 is 0 Å². The highest BCUT2D eigenvalue weighted by molar-refractivity contribution is 7.07. The van der Waals surface area contributed by atoms with E-state index in [1.54, 1.807) is 16.8 Å². The Kier molecular flexibility index (Phi) is 5.85. The first-order valence-corrected chi connectivity index (χ1v) is 10.7. The van der Waals surface area contributed by atoms with Crippen LogP contribution in [0.2, 0.25) is 0 Å². The number of phenolic OH excluding ortho intramolecular Hbond substituents is 3. The zero-order chi connectivity index (χ0) is 21.1. The van der Waals surface area contributed by atoms with Crippen molar-refractivity contribution in [3.63, 3.8) is 0 Å². The second-order valence-corrected chi connectivity index (χ2v) is 8.10. The number of rotatable bonds is 4. The molecule has 8 heteroatoms. The normalized spacial score (nSPS) is 15.8. The van der Waals surface area contributed by atoms with Crippen LogP contribution in [-0.4, -0.2) is 32.3 Å². The van der Waals surface area contributed by atoms with Crippen LogP contribution >= 0.6 is 11.3 Å². The molecular formula is C22H22FN3O3S. The van der Waals surface area contributed by atoms with Gasteiger partial charge in [-0.15, -0.1) is 11.3 Å². The molecule has 1 fully saturated rings. The molecule has 1 saturated carbocycles. The zero-order valence-electron chi connectivity index (χ0n) is 16.2. The summed E-state index contributed by atoms with van der Waals surface area (Å²) in [5, 5.41) is 35.8. The molecule has 3 N–H and O–H groups in total. The van der Waals surface area contributed by atoms with Crippen molar-refractivity contribution in [1.29, 1.82) is 0 Å². The summed E-state index contributed by atoms with van der Waals surface area (Å²) in [6.07, 6.45) is 7.04. The van der Waals surface area contributed by atoms with Gasteiger partial charge in [-0.25, -0.2) is 9.07 Å². The van der Waals surface area contributed by atoms with Gasteiger partial charge in [0.15, 0.2) is 11.5 Å². The number of phenols is 3. The van der Waals surface area contributed by atoms with Crippen LogP contribution in [0, 0.1) is 5.82 Å². The standard InChI is InChI=1S/C22H22FN3O3S/c23-16-9-6-14(7-10-16)18-13-30-22(25-17-4-2-1-3-5-17)26(18)24-12-15-8-11-19(27)21(29)20(15)28/h6-13,17,27-29H,1-5H2. The Bertz CT molecular complexity index is 1130. The molecule has 0 radical (unpaired) electrons.